The first kappa shape index (κ1) is 22.4. The standard InChI is InChI=1S/C24H24ClFN2O4/c25-17-8-9-19(20(26)13-17)21(16-5-1-2-6-16)22(29)27-18-7-3-4-15(12-18)14-24(10-11-24)23(30)28(31)32/h3-4,7-9,12-13,16,21H,1-2,5-6,10-11,14H2,(H,27,29)/t21-/m1/s1. The molecule has 0 aromatic heterocycles. The molecule has 4 rings (SSSR count). The van der Waals surface area contributed by atoms with Gasteiger partial charge in [-0.1, -0.05) is 42.6 Å². The van der Waals surface area contributed by atoms with Crippen LogP contribution in [0.25, 0.3) is 0 Å². The van der Waals surface area contributed by atoms with Crippen molar-refractivity contribution in [2.45, 2.75) is 50.9 Å². The largest absolute Gasteiger partial charge is 0.451 e. The van der Waals surface area contributed by atoms with Gasteiger partial charge in [0.2, 0.25) is 5.91 Å². The van der Waals surface area contributed by atoms with Crippen LogP contribution in [0.15, 0.2) is 42.5 Å². The molecule has 0 heterocycles. The van der Waals surface area contributed by atoms with E-state index >= 15 is 0 Å². The molecule has 1 N–H and O–H groups in total. The van der Waals surface area contributed by atoms with Gasteiger partial charge >= 0.3 is 5.91 Å². The fourth-order valence-corrected chi connectivity index (χ4v) is 4.99. The van der Waals surface area contributed by atoms with E-state index in [1.54, 1.807) is 36.4 Å². The number of anilines is 1. The molecule has 2 aromatic carbocycles. The lowest BCUT2D eigenvalue weighted by Crippen LogP contribution is -2.27. The molecule has 2 amide bonds. The highest BCUT2D eigenvalue weighted by atomic mass is 35.5. The van der Waals surface area contributed by atoms with Gasteiger partial charge in [-0.25, -0.2) is 9.18 Å². The lowest BCUT2D eigenvalue weighted by atomic mass is 9.83. The van der Waals surface area contributed by atoms with Crippen molar-refractivity contribution >= 4 is 29.1 Å². The third kappa shape index (κ3) is 4.67. The third-order valence-electron chi connectivity index (χ3n) is 6.66. The van der Waals surface area contributed by atoms with E-state index in [0.29, 0.717) is 24.1 Å². The molecule has 0 bridgehead atoms. The van der Waals surface area contributed by atoms with E-state index in [2.05, 4.69) is 5.32 Å². The van der Waals surface area contributed by atoms with Crippen molar-refractivity contribution in [3.05, 3.63) is 74.5 Å². The van der Waals surface area contributed by atoms with E-state index in [0.717, 1.165) is 31.2 Å². The Labute approximate surface area is 190 Å². The maximum absolute atomic E-state index is 14.7. The van der Waals surface area contributed by atoms with Crippen LogP contribution in [0.4, 0.5) is 10.1 Å². The molecular weight excluding hydrogens is 435 g/mol. The van der Waals surface area contributed by atoms with Gasteiger partial charge in [-0.15, -0.1) is 0 Å². The normalized spacial score (nSPS) is 18.2. The van der Waals surface area contributed by atoms with Crippen molar-refractivity contribution in [1.82, 2.24) is 0 Å². The van der Waals surface area contributed by atoms with Crippen LogP contribution in [0.2, 0.25) is 5.02 Å². The molecule has 0 radical (unpaired) electrons. The van der Waals surface area contributed by atoms with Gasteiger partial charge in [0.25, 0.3) is 0 Å². The minimum Gasteiger partial charge on any atom is -0.326 e. The zero-order chi connectivity index (χ0) is 22.9. The van der Waals surface area contributed by atoms with E-state index in [4.69, 9.17) is 11.6 Å². The van der Waals surface area contributed by atoms with Gasteiger partial charge < -0.3 is 5.32 Å². The van der Waals surface area contributed by atoms with Crippen LogP contribution in [0.5, 0.6) is 0 Å². The number of hydrogen-bond acceptors (Lipinski definition) is 4. The quantitative estimate of drug-likeness (QED) is 0.437. The molecule has 2 aliphatic rings. The monoisotopic (exact) mass is 458 g/mol. The number of halogens is 2. The van der Waals surface area contributed by atoms with Crippen LogP contribution < -0.4 is 5.32 Å². The van der Waals surface area contributed by atoms with Crippen molar-refractivity contribution in [3.8, 4) is 0 Å². The molecule has 0 aliphatic heterocycles. The summed E-state index contributed by atoms with van der Waals surface area (Å²) in [5.74, 6) is -2.33. The Balaban J connectivity index is 1.54. The number of nitrogens with one attached hydrogen (secondary N) is 1. The van der Waals surface area contributed by atoms with Crippen molar-refractivity contribution in [3.63, 3.8) is 0 Å². The fraction of sp³-hybridized carbons (Fsp3) is 0.417. The Morgan fingerprint density at radius 1 is 1.19 bits per heavy atom. The first-order valence-electron chi connectivity index (χ1n) is 10.8. The Morgan fingerprint density at radius 2 is 1.91 bits per heavy atom. The molecule has 0 saturated heterocycles. The number of carbonyl (C=O) groups excluding carboxylic acids is 2. The zero-order valence-electron chi connectivity index (χ0n) is 17.5. The van der Waals surface area contributed by atoms with Gasteiger partial charge in [-0.3, -0.25) is 14.9 Å². The first-order chi connectivity index (χ1) is 15.3. The van der Waals surface area contributed by atoms with Gasteiger partial charge in [-0.05, 0) is 67.9 Å². The number of nitro groups is 1. The highest BCUT2D eigenvalue weighted by Gasteiger charge is 2.56. The Kier molecular flexibility index (Phi) is 6.29. The molecule has 0 spiro atoms. The van der Waals surface area contributed by atoms with Gasteiger partial charge in [0.1, 0.15) is 16.2 Å². The van der Waals surface area contributed by atoms with Crippen LogP contribution >= 0.6 is 11.6 Å². The molecule has 2 saturated carbocycles. The Morgan fingerprint density at radius 3 is 2.53 bits per heavy atom. The summed E-state index contributed by atoms with van der Waals surface area (Å²) in [6.07, 6.45) is 4.95. The fourth-order valence-electron chi connectivity index (χ4n) is 4.83. The van der Waals surface area contributed by atoms with Crippen LogP contribution in [0.3, 0.4) is 0 Å². The first-order valence-corrected chi connectivity index (χ1v) is 11.2. The molecule has 2 fully saturated rings. The second-order valence-corrected chi connectivity index (χ2v) is 9.33. The lowest BCUT2D eigenvalue weighted by molar-refractivity contribution is -0.408. The summed E-state index contributed by atoms with van der Waals surface area (Å²) in [5.41, 5.74) is 0.661. The second kappa shape index (κ2) is 8.98. The van der Waals surface area contributed by atoms with Crippen LogP contribution in [0, 0.1) is 27.3 Å². The van der Waals surface area contributed by atoms with E-state index in [1.165, 1.54) is 6.07 Å². The summed E-state index contributed by atoms with van der Waals surface area (Å²) < 4.78 is 14.7. The van der Waals surface area contributed by atoms with Gasteiger partial charge in [0, 0.05) is 16.3 Å². The molecule has 2 aliphatic carbocycles. The van der Waals surface area contributed by atoms with E-state index in [9.17, 15) is 24.1 Å². The minimum atomic E-state index is -0.952. The maximum Gasteiger partial charge on any atom is 0.451 e. The van der Waals surface area contributed by atoms with E-state index < -0.39 is 28.0 Å². The average Bonchev–Trinajstić information content (AvgIpc) is 3.32. The minimum absolute atomic E-state index is 0.0429. The van der Waals surface area contributed by atoms with Gasteiger partial charge in [0.05, 0.1) is 5.92 Å². The van der Waals surface area contributed by atoms with E-state index in [1.807, 2.05) is 0 Å². The average molecular weight is 459 g/mol. The van der Waals surface area contributed by atoms with Gasteiger partial charge in [0.15, 0.2) is 0 Å². The van der Waals surface area contributed by atoms with Crippen molar-refractivity contribution < 1.29 is 18.9 Å². The predicted molar refractivity (Wildman–Crippen MR) is 119 cm³/mol. The molecule has 168 valence electrons. The summed E-state index contributed by atoms with van der Waals surface area (Å²) in [6.45, 7) is 0. The molecular formula is C24H24ClFN2O4. The molecule has 32 heavy (non-hydrogen) atoms. The van der Waals surface area contributed by atoms with Gasteiger partial charge in [-0.2, -0.15) is 0 Å². The number of hydrogen-bond donors (Lipinski definition) is 1. The zero-order valence-corrected chi connectivity index (χ0v) is 18.2. The summed E-state index contributed by atoms with van der Waals surface area (Å²) in [4.78, 5) is 35.3. The molecule has 8 heteroatoms. The molecule has 1 atom stereocenters. The predicted octanol–water partition coefficient (Wildman–Crippen LogP) is 5.52. The second-order valence-electron chi connectivity index (χ2n) is 8.90. The Bertz CT molecular complexity index is 1060. The maximum atomic E-state index is 14.7. The lowest BCUT2D eigenvalue weighted by Gasteiger charge is -2.24. The summed E-state index contributed by atoms with van der Waals surface area (Å²) in [5, 5.41) is 14.1. The number of benzene rings is 2. The summed E-state index contributed by atoms with van der Waals surface area (Å²) >= 11 is 5.90. The summed E-state index contributed by atoms with van der Waals surface area (Å²) in [6, 6.07) is 11.4. The number of nitrogens with zero attached hydrogens (tertiary/aromatic N) is 1. The van der Waals surface area contributed by atoms with Crippen LogP contribution in [-0.4, -0.2) is 16.7 Å². The highest BCUT2D eigenvalue weighted by Crippen LogP contribution is 2.49. The number of rotatable bonds is 7. The highest BCUT2D eigenvalue weighted by molar-refractivity contribution is 6.30. The molecule has 0 unspecified atom stereocenters. The van der Waals surface area contributed by atoms with E-state index in [-0.39, 0.29) is 23.3 Å². The third-order valence-corrected chi connectivity index (χ3v) is 6.90. The van der Waals surface area contributed by atoms with Crippen molar-refractivity contribution in [2.75, 3.05) is 5.32 Å². The Hall–Kier alpha value is -2.80. The van der Waals surface area contributed by atoms with Crippen molar-refractivity contribution in [2.24, 2.45) is 11.3 Å². The topological polar surface area (TPSA) is 89.3 Å². The smallest absolute Gasteiger partial charge is 0.326 e. The number of amides is 2. The number of carbonyl (C=O) groups is 2. The van der Waals surface area contributed by atoms with Crippen LogP contribution in [0.1, 0.15) is 55.6 Å². The van der Waals surface area contributed by atoms with Crippen LogP contribution in [-0.2, 0) is 16.0 Å². The summed E-state index contributed by atoms with van der Waals surface area (Å²) in [7, 11) is 0. The molecule has 6 nitrogen and oxygen atoms in total. The van der Waals surface area contributed by atoms with Crippen molar-refractivity contribution in [1.29, 1.82) is 0 Å². The molecule has 2 aromatic rings. The SMILES string of the molecule is O=C(Nc1cccc(CC2(C(=O)[N+](=O)[O-])CC2)c1)[C@@H](c1ccc(Cl)cc1F)C1CCCC1.